The number of aliphatic hydroxyl groups excluding tert-OH is 2. The van der Waals surface area contributed by atoms with E-state index in [2.05, 4.69) is 48.8 Å². The maximum absolute atomic E-state index is 12.1. The zero-order valence-corrected chi connectivity index (χ0v) is 18.4. The molecule has 0 fully saturated rings. The van der Waals surface area contributed by atoms with Gasteiger partial charge in [0.25, 0.3) is 0 Å². The Bertz CT molecular complexity index is 448. The van der Waals surface area contributed by atoms with Crippen molar-refractivity contribution in [3.05, 3.63) is 24.3 Å². The molecule has 0 heterocycles. The number of nitrogens with one attached hydrogen (secondary N) is 2. The first-order chi connectivity index (χ1) is 14.0. The molecule has 4 N–H and O–H groups in total. The highest BCUT2D eigenvalue weighted by Gasteiger charge is 2.27. The number of hydrogen-bond acceptors (Lipinski definition) is 4. The number of quaternary nitrogens is 1. The van der Waals surface area contributed by atoms with Gasteiger partial charge < -0.3 is 20.8 Å². The largest absolute Gasteiger partial charge is 0.391 e. The molecule has 0 spiro atoms. The van der Waals surface area contributed by atoms with Gasteiger partial charge in [0.15, 0.2) is 13.3 Å². The van der Waals surface area contributed by atoms with Crippen molar-refractivity contribution in [2.45, 2.75) is 65.2 Å². The summed E-state index contributed by atoms with van der Waals surface area (Å²) in [5.74, 6) is -0.107. The molecule has 7 nitrogen and oxygen atoms in total. The number of unbranched alkanes of at least 4 members (excludes halogenated alkanes) is 2. The first-order valence-electron chi connectivity index (χ1n) is 10.9. The molecule has 7 heteroatoms. The van der Waals surface area contributed by atoms with Crippen LogP contribution in [-0.2, 0) is 9.59 Å². The Labute approximate surface area is 176 Å². The molecule has 2 amide bonds. The predicted molar refractivity (Wildman–Crippen MR) is 117 cm³/mol. The van der Waals surface area contributed by atoms with Crippen molar-refractivity contribution in [3.8, 4) is 0 Å². The monoisotopic (exact) mass is 412 g/mol. The lowest BCUT2D eigenvalue weighted by atomic mass is 10.2. The smallest absolute Gasteiger partial charge is 0.224 e. The Balaban J connectivity index is 4.52. The zero-order valence-electron chi connectivity index (χ0n) is 18.4. The Hall–Kier alpha value is -1.70. The highest BCUT2D eigenvalue weighted by Crippen LogP contribution is 2.05. The minimum Gasteiger partial charge on any atom is -0.391 e. The van der Waals surface area contributed by atoms with Crippen LogP contribution in [0.3, 0.4) is 0 Å². The lowest BCUT2D eigenvalue weighted by Gasteiger charge is -2.37. The van der Waals surface area contributed by atoms with Crippen LogP contribution in [-0.4, -0.2) is 66.2 Å². The van der Waals surface area contributed by atoms with E-state index < -0.39 is 0 Å². The van der Waals surface area contributed by atoms with E-state index in [4.69, 9.17) is 0 Å². The number of hydrogen-bond donors (Lipinski definition) is 4. The van der Waals surface area contributed by atoms with Gasteiger partial charge in [0.2, 0.25) is 11.8 Å². The normalized spacial score (nSPS) is 12.0. The second-order valence-corrected chi connectivity index (χ2v) is 7.30. The van der Waals surface area contributed by atoms with Gasteiger partial charge in [-0.1, -0.05) is 38.2 Å². The number of carbonyl (C=O) groups is 2. The summed E-state index contributed by atoms with van der Waals surface area (Å²) in [6.45, 7) is 5.20. The number of carbonyl (C=O) groups excluding carboxylic acids is 2. The summed E-state index contributed by atoms with van der Waals surface area (Å²) in [4.78, 5) is 24.3. The third-order valence-electron chi connectivity index (χ3n) is 4.73. The molecule has 0 unspecified atom stereocenters. The third-order valence-corrected chi connectivity index (χ3v) is 4.73. The van der Waals surface area contributed by atoms with Gasteiger partial charge in [-0.15, -0.1) is 0 Å². The fraction of sp³-hybridized carbons (Fsp3) is 0.727. The van der Waals surface area contributed by atoms with Gasteiger partial charge in [-0.05, 0) is 38.5 Å². The Morgan fingerprint density at radius 3 is 1.52 bits per heavy atom. The fourth-order valence-electron chi connectivity index (χ4n) is 2.93. The number of nitrogens with zero attached hydrogens (tertiary/aromatic N) is 1. The van der Waals surface area contributed by atoms with Crippen molar-refractivity contribution < 1.29 is 24.3 Å². The third kappa shape index (κ3) is 14.9. The van der Waals surface area contributed by atoms with E-state index in [0.29, 0.717) is 25.9 Å². The average molecular weight is 413 g/mol. The Morgan fingerprint density at radius 1 is 0.759 bits per heavy atom. The molecule has 0 aliphatic rings. The fourth-order valence-corrected chi connectivity index (χ4v) is 2.93. The summed E-state index contributed by atoms with van der Waals surface area (Å²) < 4.78 is 0.218. The van der Waals surface area contributed by atoms with Crippen LogP contribution in [0.2, 0.25) is 0 Å². The quantitative estimate of drug-likeness (QED) is 0.120. The summed E-state index contributed by atoms with van der Waals surface area (Å²) in [6, 6.07) is 0. The minimum absolute atomic E-state index is 0.0534. The van der Waals surface area contributed by atoms with Gasteiger partial charge in [-0.2, -0.15) is 0 Å². The maximum atomic E-state index is 12.1. The van der Waals surface area contributed by atoms with Crippen LogP contribution in [0.15, 0.2) is 24.3 Å². The Morgan fingerprint density at radius 2 is 1.17 bits per heavy atom. The maximum Gasteiger partial charge on any atom is 0.224 e. The SMILES string of the molecule is CC/C=C/CCCC(=O)NC[N+](CCO)(CCO)CNC(=O)CCC/C=C/CC. The van der Waals surface area contributed by atoms with Gasteiger partial charge in [0.05, 0.1) is 13.2 Å². The molecule has 29 heavy (non-hydrogen) atoms. The summed E-state index contributed by atoms with van der Waals surface area (Å²) in [6.07, 6.45) is 14.5. The summed E-state index contributed by atoms with van der Waals surface area (Å²) in [5.41, 5.74) is 0. The van der Waals surface area contributed by atoms with Crippen LogP contribution in [0.5, 0.6) is 0 Å². The van der Waals surface area contributed by atoms with E-state index in [-0.39, 0.29) is 42.8 Å². The first-order valence-corrected chi connectivity index (χ1v) is 10.9. The second kappa shape index (κ2) is 18.3. The van der Waals surface area contributed by atoms with Crippen molar-refractivity contribution in [2.24, 2.45) is 0 Å². The molecule has 0 saturated heterocycles. The number of aliphatic hydroxyl groups is 2. The Kier molecular flexibility index (Phi) is 17.3. The van der Waals surface area contributed by atoms with Crippen LogP contribution in [0, 0.1) is 0 Å². The van der Waals surface area contributed by atoms with Crippen LogP contribution in [0.4, 0.5) is 0 Å². The molecule has 168 valence electrons. The van der Waals surface area contributed by atoms with E-state index in [1.165, 1.54) is 0 Å². The van der Waals surface area contributed by atoms with Crippen molar-refractivity contribution in [1.29, 1.82) is 0 Å². The van der Waals surface area contributed by atoms with Crippen LogP contribution in [0.25, 0.3) is 0 Å². The van der Waals surface area contributed by atoms with Crippen molar-refractivity contribution >= 4 is 11.8 Å². The van der Waals surface area contributed by atoms with Crippen LogP contribution < -0.4 is 10.6 Å². The lowest BCUT2D eigenvalue weighted by Crippen LogP contribution is -2.61. The zero-order chi connectivity index (χ0) is 21.8. The minimum atomic E-state index is -0.0879. The molecule has 0 aliphatic carbocycles. The second-order valence-electron chi connectivity index (χ2n) is 7.30. The molecule has 0 atom stereocenters. The van der Waals surface area contributed by atoms with E-state index >= 15 is 0 Å². The van der Waals surface area contributed by atoms with Crippen molar-refractivity contribution in [3.63, 3.8) is 0 Å². The van der Waals surface area contributed by atoms with Gasteiger partial charge in [-0.25, -0.2) is 0 Å². The summed E-state index contributed by atoms with van der Waals surface area (Å²) in [5, 5.41) is 24.7. The first kappa shape index (κ1) is 27.3. The molecule has 0 rings (SSSR count). The molecule has 0 saturated carbocycles. The predicted octanol–water partition coefficient (Wildman–Crippen LogP) is 2.21. The molecule has 0 aromatic rings. The molecule has 0 aromatic carbocycles. The van der Waals surface area contributed by atoms with Gasteiger partial charge >= 0.3 is 0 Å². The topological polar surface area (TPSA) is 98.7 Å². The summed E-state index contributed by atoms with van der Waals surface area (Å²) in [7, 11) is 0. The van der Waals surface area contributed by atoms with E-state index in [0.717, 1.165) is 38.5 Å². The van der Waals surface area contributed by atoms with Gasteiger partial charge in [0.1, 0.15) is 13.1 Å². The highest BCUT2D eigenvalue weighted by atomic mass is 16.3. The number of amides is 2. The molecule has 0 aromatic heterocycles. The van der Waals surface area contributed by atoms with E-state index in [9.17, 15) is 19.8 Å². The lowest BCUT2D eigenvalue weighted by molar-refractivity contribution is -0.932. The molecule has 0 radical (unpaired) electrons. The van der Waals surface area contributed by atoms with Crippen molar-refractivity contribution in [1.82, 2.24) is 10.6 Å². The van der Waals surface area contributed by atoms with E-state index in [1.807, 2.05) is 0 Å². The standard InChI is InChI=1S/C22H41N3O4/c1-3-5-7-9-11-13-21(28)23-19-25(15-17-26,16-18-27)20-24-22(29)14-12-10-8-6-4-2/h5-8,26-27H,3-4,9-20H2,1-2H3,(H-,23,24,28,29)/p+1/b7-5+,8-6+. The molecule has 0 bridgehead atoms. The average Bonchev–Trinajstić information content (AvgIpc) is 2.71. The van der Waals surface area contributed by atoms with Gasteiger partial charge in [-0.3, -0.25) is 14.1 Å². The van der Waals surface area contributed by atoms with Gasteiger partial charge in [0, 0.05) is 12.8 Å². The summed E-state index contributed by atoms with van der Waals surface area (Å²) >= 11 is 0. The molecule has 0 aliphatic heterocycles. The number of allylic oxidation sites excluding steroid dienone is 4. The highest BCUT2D eigenvalue weighted by molar-refractivity contribution is 5.76. The van der Waals surface area contributed by atoms with Crippen LogP contribution in [0.1, 0.15) is 65.2 Å². The molecular weight excluding hydrogens is 370 g/mol. The van der Waals surface area contributed by atoms with Crippen molar-refractivity contribution in [2.75, 3.05) is 39.6 Å². The molecular formula is C22H42N3O4+. The van der Waals surface area contributed by atoms with E-state index in [1.54, 1.807) is 0 Å². The van der Waals surface area contributed by atoms with Crippen LogP contribution >= 0.6 is 0 Å². The number of rotatable bonds is 18.